The van der Waals surface area contributed by atoms with E-state index in [0.29, 0.717) is 19.7 Å². The molecule has 1 heterocycles. The van der Waals surface area contributed by atoms with Crippen molar-refractivity contribution < 1.29 is 9.53 Å². The topological polar surface area (TPSA) is 67.6 Å². The molecule has 5 nitrogen and oxygen atoms in total. The molecular formula is C16H26ClN3O2. The molecule has 1 saturated heterocycles. The van der Waals surface area contributed by atoms with Gasteiger partial charge in [0.25, 0.3) is 0 Å². The first-order valence-corrected chi connectivity index (χ1v) is 7.50. The lowest BCUT2D eigenvalue weighted by molar-refractivity contribution is -0.117. The molecule has 0 spiro atoms. The zero-order chi connectivity index (χ0) is 15.3. The van der Waals surface area contributed by atoms with Gasteiger partial charge < -0.3 is 15.8 Å². The van der Waals surface area contributed by atoms with Gasteiger partial charge in [0.1, 0.15) is 5.75 Å². The third-order valence-corrected chi connectivity index (χ3v) is 3.95. The maximum Gasteiger partial charge on any atom is 0.238 e. The molecule has 1 aliphatic heterocycles. The number of nitrogens with zero attached hydrogens (tertiary/aromatic N) is 1. The van der Waals surface area contributed by atoms with Gasteiger partial charge >= 0.3 is 0 Å². The van der Waals surface area contributed by atoms with Gasteiger partial charge in [-0.15, -0.1) is 12.4 Å². The second-order valence-corrected chi connectivity index (χ2v) is 5.98. The zero-order valence-electron chi connectivity index (χ0n) is 13.3. The highest BCUT2D eigenvalue weighted by Crippen LogP contribution is 2.28. The van der Waals surface area contributed by atoms with Crippen LogP contribution >= 0.6 is 12.4 Å². The number of halogens is 1. The summed E-state index contributed by atoms with van der Waals surface area (Å²) in [6.45, 7) is 7.68. The Bertz CT molecular complexity index is 481. The summed E-state index contributed by atoms with van der Waals surface area (Å²) < 4.78 is 5.38. The van der Waals surface area contributed by atoms with Crippen molar-refractivity contribution in [3.63, 3.8) is 0 Å². The molecule has 1 aliphatic rings. The van der Waals surface area contributed by atoms with Crippen molar-refractivity contribution in [2.45, 2.75) is 20.3 Å². The van der Waals surface area contributed by atoms with Crippen molar-refractivity contribution in [3.05, 3.63) is 24.3 Å². The molecule has 1 unspecified atom stereocenters. The Morgan fingerprint density at radius 3 is 2.64 bits per heavy atom. The average Bonchev–Trinajstić information content (AvgIpc) is 2.83. The highest BCUT2D eigenvalue weighted by molar-refractivity contribution is 5.92. The summed E-state index contributed by atoms with van der Waals surface area (Å²) in [4.78, 5) is 14.2. The van der Waals surface area contributed by atoms with E-state index in [2.05, 4.69) is 17.1 Å². The first-order valence-electron chi connectivity index (χ1n) is 7.50. The lowest BCUT2D eigenvalue weighted by Crippen LogP contribution is -2.35. The minimum absolute atomic E-state index is 0. The van der Waals surface area contributed by atoms with Gasteiger partial charge in [-0.05, 0) is 56.1 Å². The first kappa shape index (κ1) is 18.7. The molecule has 124 valence electrons. The molecule has 0 saturated carbocycles. The van der Waals surface area contributed by atoms with E-state index in [-0.39, 0.29) is 23.7 Å². The molecule has 1 atom stereocenters. The van der Waals surface area contributed by atoms with Crippen LogP contribution in [0.2, 0.25) is 0 Å². The lowest BCUT2D eigenvalue weighted by Gasteiger charge is -2.22. The molecule has 0 aromatic heterocycles. The standard InChI is InChI=1S/C16H25N3O2.ClH/c1-3-21-14-6-4-13(5-7-14)18-15(20)10-19-9-8-16(2,11-17)12-19;/h4-7H,3,8-12,17H2,1-2H3,(H,18,20);1H. The van der Waals surface area contributed by atoms with Crippen LogP contribution < -0.4 is 15.8 Å². The van der Waals surface area contributed by atoms with Crippen molar-refractivity contribution >= 4 is 24.0 Å². The van der Waals surface area contributed by atoms with Crippen molar-refractivity contribution in [2.24, 2.45) is 11.1 Å². The van der Waals surface area contributed by atoms with Crippen LogP contribution in [0.5, 0.6) is 5.75 Å². The van der Waals surface area contributed by atoms with Gasteiger partial charge in [0.15, 0.2) is 0 Å². The van der Waals surface area contributed by atoms with Crippen molar-refractivity contribution in [1.29, 1.82) is 0 Å². The van der Waals surface area contributed by atoms with Gasteiger partial charge in [0.05, 0.1) is 13.2 Å². The third kappa shape index (κ3) is 5.16. The second kappa shape index (κ2) is 8.36. The molecule has 1 amide bonds. The van der Waals surface area contributed by atoms with Crippen LogP contribution in [0.3, 0.4) is 0 Å². The summed E-state index contributed by atoms with van der Waals surface area (Å²) in [6, 6.07) is 7.44. The number of benzene rings is 1. The number of rotatable bonds is 6. The van der Waals surface area contributed by atoms with E-state index in [1.165, 1.54) is 0 Å². The first-order chi connectivity index (χ1) is 10.0. The number of carbonyl (C=O) groups excluding carboxylic acids is 1. The maximum atomic E-state index is 12.1. The molecule has 0 aliphatic carbocycles. The molecule has 3 N–H and O–H groups in total. The number of nitrogens with two attached hydrogens (primary N) is 1. The van der Waals surface area contributed by atoms with Crippen LogP contribution in [0.25, 0.3) is 0 Å². The minimum Gasteiger partial charge on any atom is -0.494 e. The summed E-state index contributed by atoms with van der Waals surface area (Å²) in [6.07, 6.45) is 1.06. The predicted molar refractivity (Wildman–Crippen MR) is 91.7 cm³/mol. The Hall–Kier alpha value is -1.30. The van der Waals surface area contributed by atoms with Crippen LogP contribution in [0.4, 0.5) is 5.69 Å². The summed E-state index contributed by atoms with van der Waals surface area (Å²) >= 11 is 0. The van der Waals surface area contributed by atoms with E-state index in [0.717, 1.165) is 30.9 Å². The highest BCUT2D eigenvalue weighted by Gasteiger charge is 2.32. The molecular weight excluding hydrogens is 302 g/mol. The summed E-state index contributed by atoms with van der Waals surface area (Å²) in [5.41, 5.74) is 6.73. The lowest BCUT2D eigenvalue weighted by atomic mass is 9.90. The molecule has 6 heteroatoms. The zero-order valence-corrected chi connectivity index (χ0v) is 14.1. The molecule has 22 heavy (non-hydrogen) atoms. The monoisotopic (exact) mass is 327 g/mol. The fourth-order valence-corrected chi connectivity index (χ4v) is 2.63. The van der Waals surface area contributed by atoms with E-state index < -0.39 is 0 Å². The molecule has 1 aromatic carbocycles. The largest absolute Gasteiger partial charge is 0.494 e. The number of hydrogen-bond donors (Lipinski definition) is 2. The maximum absolute atomic E-state index is 12.1. The molecule has 0 radical (unpaired) electrons. The van der Waals surface area contributed by atoms with E-state index >= 15 is 0 Å². The number of nitrogens with one attached hydrogen (secondary N) is 1. The van der Waals surface area contributed by atoms with E-state index in [1.54, 1.807) is 0 Å². The van der Waals surface area contributed by atoms with Gasteiger partial charge in [-0.3, -0.25) is 9.69 Å². The van der Waals surface area contributed by atoms with Crippen LogP contribution in [-0.4, -0.2) is 43.6 Å². The molecule has 1 fully saturated rings. The van der Waals surface area contributed by atoms with E-state index in [4.69, 9.17) is 10.5 Å². The minimum atomic E-state index is 0. The smallest absolute Gasteiger partial charge is 0.238 e. The van der Waals surface area contributed by atoms with Crippen LogP contribution in [0, 0.1) is 5.41 Å². The van der Waals surface area contributed by atoms with Crippen molar-refractivity contribution in [1.82, 2.24) is 4.90 Å². The van der Waals surface area contributed by atoms with Crippen LogP contribution in [0.15, 0.2) is 24.3 Å². The van der Waals surface area contributed by atoms with Crippen LogP contribution in [-0.2, 0) is 4.79 Å². The number of ether oxygens (including phenoxy) is 1. The number of likely N-dealkylation sites (tertiary alicyclic amines) is 1. The average molecular weight is 328 g/mol. The number of amides is 1. The summed E-state index contributed by atoms with van der Waals surface area (Å²) in [5.74, 6) is 0.828. The van der Waals surface area contributed by atoms with E-state index in [9.17, 15) is 4.79 Å². The van der Waals surface area contributed by atoms with Crippen LogP contribution in [0.1, 0.15) is 20.3 Å². The Balaban J connectivity index is 0.00000242. The van der Waals surface area contributed by atoms with Gasteiger partial charge in [-0.25, -0.2) is 0 Å². The summed E-state index contributed by atoms with van der Waals surface area (Å²) in [5, 5.41) is 2.92. The fraction of sp³-hybridized carbons (Fsp3) is 0.562. The summed E-state index contributed by atoms with van der Waals surface area (Å²) in [7, 11) is 0. The number of carbonyl (C=O) groups is 1. The third-order valence-electron chi connectivity index (χ3n) is 3.95. The second-order valence-electron chi connectivity index (χ2n) is 5.98. The van der Waals surface area contributed by atoms with Gasteiger partial charge in [0.2, 0.25) is 5.91 Å². The molecule has 0 bridgehead atoms. The Morgan fingerprint density at radius 2 is 2.09 bits per heavy atom. The van der Waals surface area contributed by atoms with Crippen molar-refractivity contribution in [3.8, 4) is 5.75 Å². The Morgan fingerprint density at radius 1 is 1.41 bits per heavy atom. The fourth-order valence-electron chi connectivity index (χ4n) is 2.63. The number of hydrogen-bond acceptors (Lipinski definition) is 4. The van der Waals surface area contributed by atoms with Gasteiger partial charge in [0, 0.05) is 12.2 Å². The quantitative estimate of drug-likeness (QED) is 0.840. The molecule has 1 aromatic rings. The predicted octanol–water partition coefficient (Wildman–Crippen LogP) is 2.12. The van der Waals surface area contributed by atoms with E-state index in [1.807, 2.05) is 31.2 Å². The Kier molecular flexibility index (Phi) is 7.13. The highest BCUT2D eigenvalue weighted by atomic mass is 35.5. The van der Waals surface area contributed by atoms with Gasteiger partial charge in [-0.2, -0.15) is 0 Å². The Labute approximate surface area is 138 Å². The normalized spacial score (nSPS) is 21.2. The molecule has 2 rings (SSSR count). The van der Waals surface area contributed by atoms with Crippen molar-refractivity contribution in [2.75, 3.05) is 38.1 Å². The number of anilines is 1. The van der Waals surface area contributed by atoms with Gasteiger partial charge in [-0.1, -0.05) is 6.92 Å². The SMILES string of the molecule is CCOc1ccc(NC(=O)CN2CCC(C)(CN)C2)cc1.Cl.